The molecule has 1 amide bonds. The number of para-hydroxylation sites is 2. The van der Waals surface area contributed by atoms with Gasteiger partial charge in [-0.25, -0.2) is 0 Å². The Kier molecular flexibility index (Phi) is 6.51. The molecule has 2 aromatic carbocycles. The molecule has 1 heterocycles. The number of benzene rings is 2. The number of aliphatic hydroxyl groups is 1. The largest absolute Gasteiger partial charge is 0.504 e. The van der Waals surface area contributed by atoms with Gasteiger partial charge in [0.1, 0.15) is 25.1 Å². The fraction of sp³-hybridized carbons (Fsp3) is 0.350. The maximum absolute atomic E-state index is 11.0. The molecule has 0 aromatic heterocycles. The third kappa shape index (κ3) is 4.90. The normalized spacial score (nSPS) is 13.9. The van der Waals surface area contributed by atoms with Crippen LogP contribution in [0.2, 0.25) is 0 Å². The molecule has 3 N–H and O–H groups in total. The molecule has 0 saturated carbocycles. The molecule has 0 bridgehead atoms. The Morgan fingerprint density at radius 1 is 1.15 bits per heavy atom. The highest BCUT2D eigenvalue weighted by molar-refractivity contribution is 5.81. The van der Waals surface area contributed by atoms with Crippen molar-refractivity contribution in [2.24, 2.45) is 0 Å². The van der Waals surface area contributed by atoms with E-state index in [0.717, 1.165) is 24.1 Å². The summed E-state index contributed by atoms with van der Waals surface area (Å²) in [6.45, 7) is 2.07. The lowest BCUT2D eigenvalue weighted by molar-refractivity contribution is -0.107. The molecule has 2 aromatic rings. The van der Waals surface area contributed by atoms with Gasteiger partial charge in [-0.15, -0.1) is 0 Å². The Labute approximate surface area is 158 Å². The highest BCUT2D eigenvalue weighted by Gasteiger charge is 2.22. The third-order valence-corrected chi connectivity index (χ3v) is 4.36. The molecule has 1 atom stereocenters. The van der Waals surface area contributed by atoms with Crippen LogP contribution < -0.4 is 19.7 Å². The lowest BCUT2D eigenvalue weighted by atomic mass is 10.1. The third-order valence-electron chi connectivity index (χ3n) is 4.36. The van der Waals surface area contributed by atoms with Crippen LogP contribution >= 0.6 is 0 Å². The van der Waals surface area contributed by atoms with E-state index in [1.165, 1.54) is 0 Å². The molecule has 1 aliphatic rings. The molecule has 0 spiro atoms. The van der Waals surface area contributed by atoms with Crippen LogP contribution in [0.25, 0.3) is 0 Å². The summed E-state index contributed by atoms with van der Waals surface area (Å²) in [4.78, 5) is 12.7. The molecule has 27 heavy (non-hydrogen) atoms. The summed E-state index contributed by atoms with van der Waals surface area (Å²) in [7, 11) is 0. The molecule has 1 unspecified atom stereocenters. The zero-order valence-corrected chi connectivity index (χ0v) is 15.0. The number of nitrogens with zero attached hydrogens (tertiary/aromatic N) is 1. The Hall–Kier alpha value is -2.77. The first-order valence-electron chi connectivity index (χ1n) is 8.95. The smallest absolute Gasteiger partial charge is 0.214 e. The van der Waals surface area contributed by atoms with Crippen molar-refractivity contribution in [3.05, 3.63) is 48.0 Å². The standard InChI is InChI=1S/C20H24N2O5/c23-14-22-10-8-16-17(22)4-3-7-19(16)27-13-15(24)12-21-9-11-26-20-6-2-1-5-18(20)25/h1-7,14-15,21,24-25H,8-13H2. The summed E-state index contributed by atoms with van der Waals surface area (Å²) in [6.07, 6.45) is 0.906. The second-order valence-corrected chi connectivity index (χ2v) is 6.29. The number of amides is 1. The van der Waals surface area contributed by atoms with Gasteiger partial charge in [0.15, 0.2) is 11.5 Å². The number of anilines is 1. The lowest BCUT2D eigenvalue weighted by Crippen LogP contribution is -2.33. The molecule has 0 aliphatic carbocycles. The number of carbonyl (C=O) groups is 1. The molecular formula is C20H24N2O5. The van der Waals surface area contributed by atoms with E-state index in [-0.39, 0.29) is 12.4 Å². The van der Waals surface area contributed by atoms with Gasteiger partial charge in [-0.05, 0) is 30.7 Å². The molecule has 0 radical (unpaired) electrons. The quantitative estimate of drug-likeness (QED) is 0.430. The summed E-state index contributed by atoms with van der Waals surface area (Å²) in [5.74, 6) is 1.25. The summed E-state index contributed by atoms with van der Waals surface area (Å²) >= 11 is 0. The molecule has 1 aliphatic heterocycles. The predicted molar refractivity (Wildman–Crippen MR) is 102 cm³/mol. The number of fused-ring (bicyclic) bond motifs is 1. The molecule has 0 fully saturated rings. The van der Waals surface area contributed by atoms with Crippen molar-refractivity contribution in [3.63, 3.8) is 0 Å². The number of ether oxygens (including phenoxy) is 2. The highest BCUT2D eigenvalue weighted by atomic mass is 16.5. The predicted octanol–water partition coefficient (Wildman–Crippen LogP) is 1.32. The average molecular weight is 372 g/mol. The Balaban J connectivity index is 1.37. The van der Waals surface area contributed by atoms with Gasteiger partial charge in [-0.1, -0.05) is 18.2 Å². The zero-order valence-electron chi connectivity index (χ0n) is 15.0. The van der Waals surface area contributed by atoms with Crippen molar-refractivity contribution in [2.75, 3.05) is 37.7 Å². The van der Waals surface area contributed by atoms with E-state index in [0.29, 0.717) is 37.7 Å². The van der Waals surface area contributed by atoms with E-state index >= 15 is 0 Å². The fourth-order valence-electron chi connectivity index (χ4n) is 3.00. The van der Waals surface area contributed by atoms with Gasteiger partial charge in [-0.3, -0.25) is 4.79 Å². The second kappa shape index (κ2) is 9.25. The molecule has 3 rings (SSSR count). The van der Waals surface area contributed by atoms with E-state index in [1.807, 2.05) is 18.2 Å². The van der Waals surface area contributed by atoms with Gasteiger partial charge in [0.05, 0.1) is 5.69 Å². The number of phenolic OH excluding ortho intramolecular Hbond substituents is 1. The van der Waals surface area contributed by atoms with Crippen LogP contribution in [0, 0.1) is 0 Å². The minimum absolute atomic E-state index is 0.106. The monoisotopic (exact) mass is 372 g/mol. The average Bonchev–Trinajstić information content (AvgIpc) is 3.11. The van der Waals surface area contributed by atoms with Crippen molar-refractivity contribution < 1.29 is 24.5 Å². The molecule has 144 valence electrons. The molecule has 7 nitrogen and oxygen atoms in total. The van der Waals surface area contributed by atoms with E-state index in [2.05, 4.69) is 5.32 Å². The van der Waals surface area contributed by atoms with Crippen LogP contribution in [-0.2, 0) is 11.2 Å². The van der Waals surface area contributed by atoms with E-state index in [4.69, 9.17) is 9.47 Å². The molecular weight excluding hydrogens is 348 g/mol. The first-order valence-corrected chi connectivity index (χ1v) is 8.95. The van der Waals surface area contributed by atoms with Crippen molar-refractivity contribution in [1.29, 1.82) is 0 Å². The zero-order chi connectivity index (χ0) is 19.1. The summed E-state index contributed by atoms with van der Waals surface area (Å²) in [5, 5.41) is 22.8. The van der Waals surface area contributed by atoms with Crippen LogP contribution in [0.1, 0.15) is 5.56 Å². The minimum atomic E-state index is -0.672. The Bertz CT molecular complexity index is 768. The molecule has 0 saturated heterocycles. The van der Waals surface area contributed by atoms with E-state index < -0.39 is 6.10 Å². The highest BCUT2D eigenvalue weighted by Crippen LogP contribution is 2.34. The van der Waals surface area contributed by atoms with Gasteiger partial charge in [-0.2, -0.15) is 0 Å². The number of aromatic hydroxyl groups is 1. The van der Waals surface area contributed by atoms with Gasteiger partial charge in [0.25, 0.3) is 0 Å². The van der Waals surface area contributed by atoms with Gasteiger partial charge < -0.3 is 29.9 Å². The molecule has 7 heteroatoms. The first-order chi connectivity index (χ1) is 13.2. The summed E-state index contributed by atoms with van der Waals surface area (Å²) in [5.41, 5.74) is 1.87. The first kappa shape index (κ1) is 19.0. The van der Waals surface area contributed by atoms with Crippen LogP contribution in [-0.4, -0.2) is 55.6 Å². The number of hydrogen-bond donors (Lipinski definition) is 3. The van der Waals surface area contributed by atoms with Crippen LogP contribution in [0.3, 0.4) is 0 Å². The maximum atomic E-state index is 11.0. The number of nitrogens with one attached hydrogen (secondary N) is 1. The number of hydrogen-bond acceptors (Lipinski definition) is 6. The minimum Gasteiger partial charge on any atom is -0.504 e. The van der Waals surface area contributed by atoms with Gasteiger partial charge in [0.2, 0.25) is 6.41 Å². The number of aliphatic hydroxyl groups excluding tert-OH is 1. The SMILES string of the molecule is O=CN1CCc2c(OCC(O)CNCCOc3ccccc3O)cccc21. The lowest BCUT2D eigenvalue weighted by Gasteiger charge is -2.16. The van der Waals surface area contributed by atoms with E-state index in [9.17, 15) is 15.0 Å². The van der Waals surface area contributed by atoms with Gasteiger partial charge in [0, 0.05) is 25.2 Å². The van der Waals surface area contributed by atoms with Crippen LogP contribution in [0.4, 0.5) is 5.69 Å². The fourth-order valence-corrected chi connectivity index (χ4v) is 3.00. The maximum Gasteiger partial charge on any atom is 0.214 e. The second-order valence-electron chi connectivity index (χ2n) is 6.29. The topological polar surface area (TPSA) is 91.3 Å². The summed E-state index contributed by atoms with van der Waals surface area (Å²) in [6, 6.07) is 12.4. The number of rotatable bonds is 10. The number of phenols is 1. The van der Waals surface area contributed by atoms with Crippen molar-refractivity contribution >= 4 is 12.1 Å². The van der Waals surface area contributed by atoms with E-state index in [1.54, 1.807) is 29.2 Å². The van der Waals surface area contributed by atoms with Crippen molar-refractivity contribution in [3.8, 4) is 17.2 Å². The van der Waals surface area contributed by atoms with Crippen molar-refractivity contribution in [1.82, 2.24) is 5.32 Å². The van der Waals surface area contributed by atoms with Crippen LogP contribution in [0.15, 0.2) is 42.5 Å². The van der Waals surface area contributed by atoms with Gasteiger partial charge >= 0.3 is 0 Å². The summed E-state index contributed by atoms with van der Waals surface area (Å²) < 4.78 is 11.2. The Morgan fingerprint density at radius 2 is 1.96 bits per heavy atom. The van der Waals surface area contributed by atoms with Crippen molar-refractivity contribution in [2.45, 2.75) is 12.5 Å². The number of carbonyl (C=O) groups excluding carboxylic acids is 1. The van der Waals surface area contributed by atoms with Crippen LogP contribution in [0.5, 0.6) is 17.2 Å². The Morgan fingerprint density at radius 3 is 2.78 bits per heavy atom.